The molecule has 0 aromatic heterocycles. The summed E-state index contributed by atoms with van der Waals surface area (Å²) in [6.45, 7) is 5.72. The molecule has 1 aromatic carbocycles. The Bertz CT molecular complexity index is 330. The van der Waals surface area contributed by atoms with E-state index in [9.17, 15) is 4.79 Å². The number of carbonyl (C=O) groups excluding carboxylic acids is 1. The molecular weight excluding hydrogens is 200 g/mol. The van der Waals surface area contributed by atoms with Crippen LogP contribution in [-0.4, -0.2) is 26.0 Å². The molecule has 16 heavy (non-hydrogen) atoms. The summed E-state index contributed by atoms with van der Waals surface area (Å²) in [5.74, 6) is 0.493. The Balaban J connectivity index is 2.56. The first-order valence-corrected chi connectivity index (χ1v) is 5.68. The van der Waals surface area contributed by atoms with Gasteiger partial charge in [-0.05, 0) is 30.7 Å². The largest absolute Gasteiger partial charge is 0.351 e. The Morgan fingerprint density at radius 2 is 1.81 bits per heavy atom. The quantitative estimate of drug-likeness (QED) is 0.742. The van der Waals surface area contributed by atoms with Crippen molar-refractivity contribution < 1.29 is 4.79 Å². The summed E-state index contributed by atoms with van der Waals surface area (Å²) in [4.78, 5) is 11.7. The predicted octanol–water partition coefficient (Wildman–Crippen LogP) is 1.76. The monoisotopic (exact) mass is 220 g/mol. The summed E-state index contributed by atoms with van der Waals surface area (Å²) in [7, 11) is 1.86. The van der Waals surface area contributed by atoms with Crippen LogP contribution in [0.25, 0.3) is 0 Å². The van der Waals surface area contributed by atoms with Gasteiger partial charge in [-0.3, -0.25) is 4.79 Å². The summed E-state index contributed by atoms with van der Waals surface area (Å²) in [5.41, 5.74) is 1.98. The molecule has 1 rings (SSSR count). The number of carbonyl (C=O) groups is 1. The van der Waals surface area contributed by atoms with Crippen molar-refractivity contribution in [3.05, 3.63) is 35.4 Å². The Morgan fingerprint density at radius 1 is 1.19 bits per heavy atom. The van der Waals surface area contributed by atoms with Gasteiger partial charge < -0.3 is 10.6 Å². The van der Waals surface area contributed by atoms with Crippen LogP contribution in [0.1, 0.15) is 35.7 Å². The van der Waals surface area contributed by atoms with Crippen molar-refractivity contribution in [3.8, 4) is 0 Å². The number of likely N-dealkylation sites (N-methyl/N-ethyl adjacent to an activating group) is 1. The van der Waals surface area contributed by atoms with Gasteiger partial charge in [0.2, 0.25) is 0 Å². The third kappa shape index (κ3) is 3.66. The van der Waals surface area contributed by atoms with Crippen LogP contribution < -0.4 is 10.6 Å². The molecule has 0 radical (unpaired) electrons. The van der Waals surface area contributed by atoms with Crippen LogP contribution >= 0.6 is 0 Å². The smallest absolute Gasteiger partial charge is 0.251 e. The molecular formula is C13H20N2O. The predicted molar refractivity (Wildman–Crippen MR) is 66.8 cm³/mol. The number of hydrogen-bond donors (Lipinski definition) is 2. The van der Waals surface area contributed by atoms with E-state index in [0.717, 1.165) is 12.1 Å². The molecule has 0 bridgehead atoms. The second-order valence-electron chi connectivity index (χ2n) is 4.14. The minimum Gasteiger partial charge on any atom is -0.351 e. The minimum atomic E-state index is -0.00874. The van der Waals surface area contributed by atoms with Crippen LogP contribution in [-0.2, 0) is 0 Å². The van der Waals surface area contributed by atoms with Crippen molar-refractivity contribution in [2.24, 2.45) is 0 Å². The van der Waals surface area contributed by atoms with Gasteiger partial charge in [0.1, 0.15) is 0 Å². The van der Waals surface area contributed by atoms with Gasteiger partial charge in [0, 0.05) is 18.7 Å². The lowest BCUT2D eigenvalue weighted by atomic mass is 10.0. The van der Waals surface area contributed by atoms with Gasteiger partial charge in [-0.25, -0.2) is 0 Å². The first-order valence-electron chi connectivity index (χ1n) is 5.68. The van der Waals surface area contributed by atoms with Gasteiger partial charge in [-0.15, -0.1) is 0 Å². The van der Waals surface area contributed by atoms with E-state index < -0.39 is 0 Å². The van der Waals surface area contributed by atoms with E-state index in [1.165, 1.54) is 5.56 Å². The van der Waals surface area contributed by atoms with Crippen molar-refractivity contribution in [2.45, 2.75) is 19.8 Å². The van der Waals surface area contributed by atoms with Gasteiger partial charge >= 0.3 is 0 Å². The SMILES string of the molecule is CNCCNC(=O)c1ccc(C(C)C)cc1. The van der Waals surface area contributed by atoms with E-state index in [0.29, 0.717) is 12.5 Å². The highest BCUT2D eigenvalue weighted by molar-refractivity contribution is 5.94. The minimum absolute atomic E-state index is 0.00874. The Kier molecular flexibility index (Phi) is 4.99. The lowest BCUT2D eigenvalue weighted by Gasteiger charge is -2.07. The fraction of sp³-hybridized carbons (Fsp3) is 0.462. The molecule has 3 heteroatoms. The molecule has 0 atom stereocenters. The topological polar surface area (TPSA) is 41.1 Å². The first kappa shape index (κ1) is 12.7. The summed E-state index contributed by atoms with van der Waals surface area (Å²) in [6, 6.07) is 7.78. The Labute approximate surface area is 97.2 Å². The van der Waals surface area contributed by atoms with Crippen molar-refractivity contribution >= 4 is 5.91 Å². The van der Waals surface area contributed by atoms with Crippen molar-refractivity contribution in [1.29, 1.82) is 0 Å². The van der Waals surface area contributed by atoms with Crippen LogP contribution in [0.4, 0.5) is 0 Å². The first-order chi connectivity index (χ1) is 7.65. The van der Waals surface area contributed by atoms with Crippen LogP contribution in [0, 0.1) is 0 Å². The highest BCUT2D eigenvalue weighted by Gasteiger charge is 2.05. The van der Waals surface area contributed by atoms with Crippen molar-refractivity contribution in [2.75, 3.05) is 20.1 Å². The molecule has 0 aliphatic heterocycles. The van der Waals surface area contributed by atoms with Gasteiger partial charge in [-0.1, -0.05) is 26.0 Å². The number of hydrogen-bond acceptors (Lipinski definition) is 2. The van der Waals surface area contributed by atoms with Crippen molar-refractivity contribution in [1.82, 2.24) is 10.6 Å². The molecule has 3 nitrogen and oxygen atoms in total. The lowest BCUT2D eigenvalue weighted by molar-refractivity contribution is 0.0954. The number of rotatable bonds is 5. The molecule has 0 fully saturated rings. The van der Waals surface area contributed by atoms with E-state index in [2.05, 4.69) is 24.5 Å². The average Bonchev–Trinajstić information content (AvgIpc) is 2.29. The van der Waals surface area contributed by atoms with E-state index >= 15 is 0 Å². The van der Waals surface area contributed by atoms with Crippen LogP contribution in [0.15, 0.2) is 24.3 Å². The molecule has 0 saturated carbocycles. The van der Waals surface area contributed by atoms with Gasteiger partial charge in [0.05, 0.1) is 0 Å². The fourth-order valence-electron chi connectivity index (χ4n) is 1.42. The second kappa shape index (κ2) is 6.28. The third-order valence-corrected chi connectivity index (χ3v) is 2.50. The normalized spacial score (nSPS) is 10.5. The van der Waals surface area contributed by atoms with E-state index in [-0.39, 0.29) is 5.91 Å². The molecule has 1 amide bonds. The number of benzene rings is 1. The van der Waals surface area contributed by atoms with Crippen LogP contribution in [0.2, 0.25) is 0 Å². The maximum Gasteiger partial charge on any atom is 0.251 e. The van der Waals surface area contributed by atoms with Crippen LogP contribution in [0.3, 0.4) is 0 Å². The molecule has 2 N–H and O–H groups in total. The summed E-state index contributed by atoms with van der Waals surface area (Å²) in [6.07, 6.45) is 0. The van der Waals surface area contributed by atoms with Crippen molar-refractivity contribution in [3.63, 3.8) is 0 Å². The van der Waals surface area contributed by atoms with Gasteiger partial charge in [0.15, 0.2) is 0 Å². The standard InChI is InChI=1S/C13H20N2O/c1-10(2)11-4-6-12(7-5-11)13(16)15-9-8-14-3/h4-7,10,14H,8-9H2,1-3H3,(H,15,16). The second-order valence-corrected chi connectivity index (χ2v) is 4.14. The van der Waals surface area contributed by atoms with Gasteiger partial charge in [-0.2, -0.15) is 0 Å². The Hall–Kier alpha value is -1.35. The van der Waals surface area contributed by atoms with Gasteiger partial charge in [0.25, 0.3) is 5.91 Å². The molecule has 0 spiro atoms. The zero-order chi connectivity index (χ0) is 12.0. The molecule has 0 unspecified atom stereocenters. The number of amides is 1. The lowest BCUT2D eigenvalue weighted by Crippen LogP contribution is -2.30. The maximum atomic E-state index is 11.7. The summed E-state index contributed by atoms with van der Waals surface area (Å²) >= 11 is 0. The zero-order valence-electron chi connectivity index (χ0n) is 10.2. The summed E-state index contributed by atoms with van der Waals surface area (Å²) in [5, 5.41) is 5.83. The highest BCUT2D eigenvalue weighted by Crippen LogP contribution is 2.14. The number of nitrogens with one attached hydrogen (secondary N) is 2. The fourth-order valence-corrected chi connectivity index (χ4v) is 1.42. The van der Waals surface area contributed by atoms with E-state index in [4.69, 9.17) is 0 Å². The molecule has 1 aromatic rings. The molecule has 88 valence electrons. The molecule has 0 aliphatic carbocycles. The summed E-state index contributed by atoms with van der Waals surface area (Å²) < 4.78 is 0. The molecule has 0 aliphatic rings. The third-order valence-electron chi connectivity index (χ3n) is 2.50. The van der Waals surface area contributed by atoms with E-state index in [1.807, 2.05) is 31.3 Å². The van der Waals surface area contributed by atoms with E-state index in [1.54, 1.807) is 0 Å². The molecule has 0 heterocycles. The molecule has 0 saturated heterocycles. The zero-order valence-corrected chi connectivity index (χ0v) is 10.2. The Morgan fingerprint density at radius 3 is 2.31 bits per heavy atom. The highest BCUT2D eigenvalue weighted by atomic mass is 16.1. The average molecular weight is 220 g/mol. The maximum absolute atomic E-state index is 11.7. The van der Waals surface area contributed by atoms with Crippen LogP contribution in [0.5, 0.6) is 0 Å².